The summed E-state index contributed by atoms with van der Waals surface area (Å²) in [6.45, 7) is 8.85. The van der Waals surface area contributed by atoms with Crippen LogP contribution in [0.15, 0.2) is 60.8 Å². The Balaban J connectivity index is 1.28. The first kappa shape index (κ1) is 25.6. The number of aromatic amines is 2. The van der Waals surface area contributed by atoms with E-state index >= 15 is 0 Å². The summed E-state index contributed by atoms with van der Waals surface area (Å²) >= 11 is 0. The molecule has 1 saturated heterocycles. The van der Waals surface area contributed by atoms with Crippen molar-refractivity contribution in [3.63, 3.8) is 0 Å². The normalized spacial score (nSPS) is 18.6. The van der Waals surface area contributed by atoms with Gasteiger partial charge in [-0.3, -0.25) is 14.4 Å². The van der Waals surface area contributed by atoms with E-state index in [1.807, 2.05) is 80.4 Å². The summed E-state index contributed by atoms with van der Waals surface area (Å²) in [5, 5.41) is 7.89. The molecule has 2 aromatic heterocycles. The minimum atomic E-state index is -0.753. The molecule has 4 N–H and O–H groups in total. The molecule has 38 heavy (non-hydrogen) atoms. The van der Waals surface area contributed by atoms with Crippen molar-refractivity contribution in [3.8, 4) is 0 Å². The monoisotopic (exact) mass is 513 g/mol. The number of hydrogen-bond donors (Lipinski definition) is 4. The van der Waals surface area contributed by atoms with Crippen LogP contribution in [0.3, 0.4) is 0 Å². The van der Waals surface area contributed by atoms with E-state index in [-0.39, 0.29) is 23.8 Å². The second-order valence-electron chi connectivity index (χ2n) is 11.5. The summed E-state index contributed by atoms with van der Waals surface area (Å²) in [5.74, 6) is -0.313. The number of para-hydroxylation sites is 2. The number of carbonyl (C=O) groups is 3. The molecule has 2 aromatic carbocycles. The fourth-order valence-corrected chi connectivity index (χ4v) is 5.41. The van der Waals surface area contributed by atoms with E-state index in [1.165, 1.54) is 0 Å². The summed E-state index contributed by atoms with van der Waals surface area (Å²) in [4.78, 5) is 48.2. The lowest BCUT2D eigenvalue weighted by atomic mass is 9.86. The van der Waals surface area contributed by atoms with Crippen molar-refractivity contribution in [1.29, 1.82) is 0 Å². The molecule has 3 amide bonds. The second-order valence-corrected chi connectivity index (χ2v) is 11.5. The summed E-state index contributed by atoms with van der Waals surface area (Å²) in [6.07, 6.45) is 2.64. The lowest BCUT2D eigenvalue weighted by Crippen LogP contribution is -2.55. The average molecular weight is 514 g/mol. The highest BCUT2D eigenvalue weighted by Gasteiger charge is 2.37. The lowest BCUT2D eigenvalue weighted by Gasteiger charge is -2.31. The quantitative estimate of drug-likeness (QED) is 0.306. The van der Waals surface area contributed by atoms with Crippen LogP contribution in [0.1, 0.15) is 55.0 Å². The molecule has 1 aliphatic rings. The number of likely N-dealkylation sites (tertiary alicyclic amines) is 1. The Morgan fingerprint density at radius 3 is 2.58 bits per heavy atom. The maximum absolute atomic E-state index is 13.6. The molecular formula is C30H35N5O3. The zero-order chi connectivity index (χ0) is 27.0. The molecular weight excluding hydrogens is 478 g/mol. The Hall–Kier alpha value is -4.07. The van der Waals surface area contributed by atoms with Gasteiger partial charge in [0.05, 0.1) is 11.1 Å². The number of benzene rings is 2. The average Bonchev–Trinajstić information content (AvgIpc) is 3.62. The molecule has 0 saturated carbocycles. The van der Waals surface area contributed by atoms with Gasteiger partial charge in [0, 0.05) is 41.6 Å². The van der Waals surface area contributed by atoms with Crippen molar-refractivity contribution in [2.24, 2.45) is 11.3 Å². The van der Waals surface area contributed by atoms with Crippen LogP contribution in [0.4, 0.5) is 0 Å². The van der Waals surface area contributed by atoms with Crippen LogP contribution < -0.4 is 10.6 Å². The topological polar surface area (TPSA) is 110 Å². The standard InChI is InChI=1S/C30H35N5O3/c1-18-14-21(35(17-18)29(38)22-10-7-9-19-12-13-31-25(19)22)16-32-28(37)26(30(2,3)4)34-27(36)24-15-20-8-5-6-11-23(20)33-24/h5-13,15,18,21,26,31,33H,14,16-17H2,1-4H3,(H,32,37)(H,34,36)/t18-,21-,26+/m0/s1. The largest absolute Gasteiger partial charge is 0.361 e. The second kappa shape index (κ2) is 10.0. The van der Waals surface area contributed by atoms with Gasteiger partial charge in [-0.2, -0.15) is 0 Å². The molecule has 1 aliphatic heterocycles. The van der Waals surface area contributed by atoms with E-state index in [0.717, 1.165) is 28.2 Å². The fraction of sp³-hybridized carbons (Fsp3) is 0.367. The first-order valence-corrected chi connectivity index (χ1v) is 13.1. The number of aromatic nitrogens is 2. The number of carbonyl (C=O) groups excluding carboxylic acids is 3. The number of amides is 3. The van der Waals surface area contributed by atoms with Gasteiger partial charge in [-0.15, -0.1) is 0 Å². The Morgan fingerprint density at radius 2 is 1.82 bits per heavy atom. The molecule has 3 atom stereocenters. The van der Waals surface area contributed by atoms with Crippen molar-refractivity contribution in [2.75, 3.05) is 13.1 Å². The third kappa shape index (κ3) is 5.03. The number of nitrogens with zero attached hydrogens (tertiary/aromatic N) is 1. The number of fused-ring (bicyclic) bond motifs is 2. The smallest absolute Gasteiger partial charge is 0.268 e. The van der Waals surface area contributed by atoms with Crippen molar-refractivity contribution in [3.05, 3.63) is 72.1 Å². The van der Waals surface area contributed by atoms with E-state index in [0.29, 0.717) is 30.3 Å². The molecule has 3 heterocycles. The van der Waals surface area contributed by atoms with Crippen molar-refractivity contribution in [2.45, 2.75) is 46.2 Å². The number of rotatable bonds is 6. The molecule has 0 unspecified atom stereocenters. The molecule has 0 spiro atoms. The van der Waals surface area contributed by atoms with Gasteiger partial charge < -0.3 is 25.5 Å². The van der Waals surface area contributed by atoms with E-state index < -0.39 is 11.5 Å². The highest BCUT2D eigenvalue weighted by molar-refractivity contribution is 6.06. The van der Waals surface area contributed by atoms with Crippen LogP contribution >= 0.6 is 0 Å². The zero-order valence-corrected chi connectivity index (χ0v) is 22.3. The van der Waals surface area contributed by atoms with Gasteiger partial charge in [0.2, 0.25) is 5.91 Å². The van der Waals surface area contributed by atoms with Crippen molar-refractivity contribution in [1.82, 2.24) is 25.5 Å². The van der Waals surface area contributed by atoms with E-state index in [4.69, 9.17) is 0 Å². The van der Waals surface area contributed by atoms with Crippen LogP contribution in [0.25, 0.3) is 21.8 Å². The third-order valence-electron chi connectivity index (χ3n) is 7.39. The van der Waals surface area contributed by atoms with Crippen LogP contribution in [0, 0.1) is 11.3 Å². The highest BCUT2D eigenvalue weighted by atomic mass is 16.2. The van der Waals surface area contributed by atoms with Gasteiger partial charge in [-0.1, -0.05) is 58.0 Å². The van der Waals surface area contributed by atoms with Crippen LogP contribution in [-0.2, 0) is 4.79 Å². The van der Waals surface area contributed by atoms with Crippen LogP contribution in [-0.4, -0.2) is 57.8 Å². The van der Waals surface area contributed by atoms with Crippen molar-refractivity contribution < 1.29 is 14.4 Å². The molecule has 8 nitrogen and oxygen atoms in total. The SMILES string of the molecule is C[C@H]1C[C@@H](CNC(=O)[C@@H](NC(=O)c2cc3ccccc3[nH]2)C(C)(C)C)N(C(=O)c2cccc3cc[nH]c23)C1. The summed E-state index contributed by atoms with van der Waals surface area (Å²) in [6, 6.07) is 16.2. The molecule has 4 aromatic rings. The van der Waals surface area contributed by atoms with Gasteiger partial charge in [-0.25, -0.2) is 0 Å². The molecule has 0 aliphatic carbocycles. The molecule has 8 heteroatoms. The van der Waals surface area contributed by atoms with Crippen LogP contribution in [0.5, 0.6) is 0 Å². The highest BCUT2D eigenvalue weighted by Crippen LogP contribution is 2.27. The predicted molar refractivity (Wildman–Crippen MR) is 149 cm³/mol. The minimum Gasteiger partial charge on any atom is -0.361 e. The van der Waals surface area contributed by atoms with Gasteiger partial charge in [-0.05, 0) is 42.0 Å². The van der Waals surface area contributed by atoms with Crippen LogP contribution in [0.2, 0.25) is 0 Å². The van der Waals surface area contributed by atoms with Crippen molar-refractivity contribution >= 4 is 39.5 Å². The van der Waals surface area contributed by atoms with E-state index in [9.17, 15) is 14.4 Å². The van der Waals surface area contributed by atoms with Gasteiger partial charge in [0.25, 0.3) is 11.8 Å². The molecule has 0 radical (unpaired) electrons. The molecule has 0 bridgehead atoms. The Labute approximate surface area is 222 Å². The number of hydrogen-bond acceptors (Lipinski definition) is 3. The molecule has 1 fully saturated rings. The van der Waals surface area contributed by atoms with Gasteiger partial charge in [0.1, 0.15) is 11.7 Å². The summed E-state index contributed by atoms with van der Waals surface area (Å²) < 4.78 is 0. The summed E-state index contributed by atoms with van der Waals surface area (Å²) in [7, 11) is 0. The fourth-order valence-electron chi connectivity index (χ4n) is 5.41. The Morgan fingerprint density at radius 1 is 1.05 bits per heavy atom. The van der Waals surface area contributed by atoms with Gasteiger partial charge >= 0.3 is 0 Å². The van der Waals surface area contributed by atoms with E-state index in [2.05, 4.69) is 27.5 Å². The predicted octanol–water partition coefficient (Wildman–Crippen LogP) is 4.46. The van der Waals surface area contributed by atoms with E-state index in [1.54, 1.807) is 6.07 Å². The maximum atomic E-state index is 13.6. The maximum Gasteiger partial charge on any atom is 0.268 e. The first-order chi connectivity index (χ1) is 18.1. The molecule has 5 rings (SSSR count). The Bertz CT molecular complexity index is 1460. The Kier molecular flexibility index (Phi) is 6.73. The number of H-pyrrole nitrogens is 2. The summed E-state index contributed by atoms with van der Waals surface area (Å²) in [5.41, 5.74) is 2.22. The third-order valence-corrected chi connectivity index (χ3v) is 7.39. The first-order valence-electron chi connectivity index (χ1n) is 13.1. The van der Waals surface area contributed by atoms with Gasteiger partial charge in [0.15, 0.2) is 0 Å². The number of nitrogens with one attached hydrogen (secondary N) is 4. The lowest BCUT2D eigenvalue weighted by molar-refractivity contribution is -0.125. The minimum absolute atomic E-state index is 0.0406. The molecule has 198 valence electrons. The zero-order valence-electron chi connectivity index (χ0n) is 22.3.